The summed E-state index contributed by atoms with van der Waals surface area (Å²) in [6.07, 6.45) is -5.83. The van der Waals surface area contributed by atoms with Crippen molar-refractivity contribution in [3.05, 3.63) is 70.5 Å². The number of hydrogen-bond acceptors (Lipinski definition) is 1. The summed E-state index contributed by atoms with van der Waals surface area (Å²) in [5, 5.41) is 10.0. The summed E-state index contributed by atoms with van der Waals surface area (Å²) in [5.74, 6) is -0.845. The molecule has 0 aromatic heterocycles. The van der Waals surface area contributed by atoms with E-state index in [1.54, 1.807) is 12.1 Å². The van der Waals surface area contributed by atoms with Gasteiger partial charge in [-0.1, -0.05) is 29.8 Å². The molecule has 0 saturated heterocycles. The van der Waals surface area contributed by atoms with Crippen LogP contribution >= 0.6 is 0 Å². The minimum absolute atomic E-state index is 0.0541. The highest BCUT2D eigenvalue weighted by atomic mass is 19.4. The van der Waals surface area contributed by atoms with Crippen LogP contribution in [-0.4, -0.2) is 5.11 Å². The zero-order valence-corrected chi connectivity index (χ0v) is 11.3. The lowest BCUT2D eigenvalue weighted by atomic mass is 9.98. The Bertz CT molecular complexity index is 617. The van der Waals surface area contributed by atoms with Crippen LogP contribution in [0, 0.1) is 12.7 Å². The largest absolute Gasteiger partial charge is 0.416 e. The summed E-state index contributed by atoms with van der Waals surface area (Å²) in [6, 6.07) is 9.21. The molecule has 1 N–H and O–H groups in total. The molecule has 0 spiro atoms. The van der Waals surface area contributed by atoms with Crippen LogP contribution in [0.25, 0.3) is 0 Å². The SMILES string of the molecule is Cc1ccc(CC(O)c2cc(C(F)(F)F)ccc2F)cc1. The van der Waals surface area contributed by atoms with Crippen molar-refractivity contribution in [3.63, 3.8) is 0 Å². The minimum atomic E-state index is -4.56. The van der Waals surface area contributed by atoms with Crippen molar-refractivity contribution in [2.75, 3.05) is 0 Å². The second-order valence-electron chi connectivity index (χ2n) is 4.94. The summed E-state index contributed by atoms with van der Waals surface area (Å²) in [5.41, 5.74) is 0.440. The maximum atomic E-state index is 13.6. The Kier molecular flexibility index (Phi) is 4.32. The van der Waals surface area contributed by atoms with Gasteiger partial charge in [-0.2, -0.15) is 13.2 Å². The van der Waals surface area contributed by atoms with E-state index in [0.717, 1.165) is 17.2 Å². The summed E-state index contributed by atoms with van der Waals surface area (Å²) in [4.78, 5) is 0. The molecule has 0 aliphatic heterocycles. The Morgan fingerprint density at radius 2 is 1.67 bits per heavy atom. The highest BCUT2D eigenvalue weighted by Gasteiger charge is 2.31. The van der Waals surface area contributed by atoms with Gasteiger partial charge in [0.05, 0.1) is 11.7 Å². The second-order valence-corrected chi connectivity index (χ2v) is 4.94. The molecule has 0 heterocycles. The van der Waals surface area contributed by atoms with E-state index in [4.69, 9.17) is 0 Å². The topological polar surface area (TPSA) is 20.2 Å². The molecule has 0 fully saturated rings. The fourth-order valence-corrected chi connectivity index (χ4v) is 2.03. The van der Waals surface area contributed by atoms with E-state index in [2.05, 4.69) is 0 Å². The van der Waals surface area contributed by atoms with Crippen LogP contribution in [0.3, 0.4) is 0 Å². The molecule has 0 amide bonds. The third-order valence-electron chi connectivity index (χ3n) is 3.23. The monoisotopic (exact) mass is 298 g/mol. The predicted molar refractivity (Wildman–Crippen MR) is 71.2 cm³/mol. The highest BCUT2D eigenvalue weighted by Crippen LogP contribution is 2.32. The molecule has 2 aromatic rings. The number of halogens is 4. The van der Waals surface area contributed by atoms with E-state index < -0.39 is 23.7 Å². The number of benzene rings is 2. The number of aliphatic hydroxyl groups excluding tert-OH is 1. The fraction of sp³-hybridized carbons (Fsp3) is 0.250. The molecule has 2 aromatic carbocycles. The number of aryl methyl sites for hydroxylation is 1. The molecule has 112 valence electrons. The van der Waals surface area contributed by atoms with Crippen LogP contribution in [0.5, 0.6) is 0 Å². The van der Waals surface area contributed by atoms with Crippen molar-refractivity contribution >= 4 is 0 Å². The minimum Gasteiger partial charge on any atom is -0.388 e. The van der Waals surface area contributed by atoms with E-state index >= 15 is 0 Å². The molecule has 0 radical (unpaired) electrons. The van der Waals surface area contributed by atoms with Crippen LogP contribution < -0.4 is 0 Å². The van der Waals surface area contributed by atoms with Gasteiger partial charge in [-0.05, 0) is 30.7 Å². The van der Waals surface area contributed by atoms with Crippen molar-refractivity contribution in [3.8, 4) is 0 Å². The summed E-state index contributed by atoms with van der Waals surface area (Å²) in [6.45, 7) is 1.90. The molecule has 2 rings (SSSR count). The third-order valence-corrected chi connectivity index (χ3v) is 3.23. The number of rotatable bonds is 3. The Morgan fingerprint density at radius 3 is 2.24 bits per heavy atom. The highest BCUT2D eigenvalue weighted by molar-refractivity contribution is 5.30. The summed E-state index contributed by atoms with van der Waals surface area (Å²) < 4.78 is 51.5. The lowest BCUT2D eigenvalue weighted by Gasteiger charge is -2.15. The van der Waals surface area contributed by atoms with Crippen LogP contribution in [0.1, 0.15) is 28.4 Å². The van der Waals surface area contributed by atoms with Crippen molar-refractivity contribution in [2.45, 2.75) is 25.6 Å². The van der Waals surface area contributed by atoms with Crippen molar-refractivity contribution in [1.82, 2.24) is 0 Å². The Hall–Kier alpha value is -1.88. The Morgan fingerprint density at radius 1 is 1.05 bits per heavy atom. The van der Waals surface area contributed by atoms with E-state index in [1.807, 2.05) is 19.1 Å². The van der Waals surface area contributed by atoms with Crippen LogP contribution in [0.4, 0.5) is 17.6 Å². The first-order valence-corrected chi connectivity index (χ1v) is 6.37. The average molecular weight is 298 g/mol. The Labute approximate surface area is 119 Å². The quantitative estimate of drug-likeness (QED) is 0.831. The van der Waals surface area contributed by atoms with E-state index in [9.17, 15) is 22.7 Å². The van der Waals surface area contributed by atoms with E-state index in [-0.39, 0.29) is 12.0 Å². The number of hydrogen-bond donors (Lipinski definition) is 1. The van der Waals surface area contributed by atoms with E-state index in [0.29, 0.717) is 12.1 Å². The molecule has 5 heteroatoms. The van der Waals surface area contributed by atoms with Gasteiger partial charge in [-0.3, -0.25) is 0 Å². The van der Waals surface area contributed by atoms with Gasteiger partial charge in [0.15, 0.2) is 0 Å². The summed E-state index contributed by atoms with van der Waals surface area (Å²) in [7, 11) is 0. The molecule has 21 heavy (non-hydrogen) atoms. The molecule has 0 bridgehead atoms. The molecule has 0 saturated carbocycles. The molecule has 1 atom stereocenters. The zero-order valence-electron chi connectivity index (χ0n) is 11.3. The van der Waals surface area contributed by atoms with Crippen LogP contribution in [0.15, 0.2) is 42.5 Å². The first-order valence-electron chi connectivity index (χ1n) is 6.37. The third kappa shape index (κ3) is 3.82. The Balaban J connectivity index is 2.26. The first kappa shape index (κ1) is 15.5. The fourth-order valence-electron chi connectivity index (χ4n) is 2.03. The maximum absolute atomic E-state index is 13.6. The van der Waals surface area contributed by atoms with Gasteiger partial charge in [-0.25, -0.2) is 4.39 Å². The normalized spacial score (nSPS) is 13.2. The average Bonchev–Trinajstić information content (AvgIpc) is 2.40. The van der Waals surface area contributed by atoms with E-state index in [1.165, 1.54) is 0 Å². The van der Waals surface area contributed by atoms with Crippen molar-refractivity contribution < 1.29 is 22.7 Å². The van der Waals surface area contributed by atoms with Gasteiger partial charge in [0.2, 0.25) is 0 Å². The lowest BCUT2D eigenvalue weighted by molar-refractivity contribution is -0.137. The van der Waals surface area contributed by atoms with Gasteiger partial charge in [0, 0.05) is 12.0 Å². The zero-order chi connectivity index (χ0) is 15.6. The van der Waals surface area contributed by atoms with Crippen molar-refractivity contribution in [1.29, 1.82) is 0 Å². The van der Waals surface area contributed by atoms with Gasteiger partial charge < -0.3 is 5.11 Å². The van der Waals surface area contributed by atoms with Gasteiger partial charge >= 0.3 is 6.18 Å². The molecular formula is C16H14F4O. The van der Waals surface area contributed by atoms with Gasteiger partial charge in [-0.15, -0.1) is 0 Å². The van der Waals surface area contributed by atoms with Gasteiger partial charge in [0.25, 0.3) is 0 Å². The van der Waals surface area contributed by atoms with Crippen LogP contribution in [-0.2, 0) is 12.6 Å². The van der Waals surface area contributed by atoms with Crippen molar-refractivity contribution in [2.24, 2.45) is 0 Å². The molecule has 0 aliphatic carbocycles. The molecular weight excluding hydrogens is 284 g/mol. The standard InChI is InChI=1S/C16H14F4O/c1-10-2-4-11(5-3-10)8-15(21)13-9-12(16(18,19)20)6-7-14(13)17/h2-7,9,15,21H,8H2,1H3. The number of aliphatic hydroxyl groups is 1. The lowest BCUT2D eigenvalue weighted by Crippen LogP contribution is -2.10. The smallest absolute Gasteiger partial charge is 0.388 e. The number of alkyl halides is 3. The summed E-state index contributed by atoms with van der Waals surface area (Å²) >= 11 is 0. The first-order chi connectivity index (χ1) is 9.77. The molecule has 1 unspecified atom stereocenters. The molecule has 1 nitrogen and oxygen atoms in total. The van der Waals surface area contributed by atoms with Crippen LogP contribution in [0.2, 0.25) is 0 Å². The van der Waals surface area contributed by atoms with Gasteiger partial charge in [0.1, 0.15) is 5.82 Å². The maximum Gasteiger partial charge on any atom is 0.416 e. The molecule has 0 aliphatic rings. The predicted octanol–water partition coefficient (Wildman–Crippen LogP) is 4.43. The second kappa shape index (κ2) is 5.85.